The summed E-state index contributed by atoms with van der Waals surface area (Å²) in [6, 6.07) is 0.804. The molecule has 1 aliphatic heterocycles. The molecule has 0 spiro atoms. The standard InChI is InChI=1S/C16H28N4S/c1-16(2,3)18-12-13-4-5-14(13)19-7-9-20(10-8-19)15-17-6-11-21-15/h6,11,13-14,18H,4-5,7-10,12H2,1-3H3. The van der Waals surface area contributed by atoms with E-state index >= 15 is 0 Å². The van der Waals surface area contributed by atoms with Crippen molar-refractivity contribution < 1.29 is 0 Å². The maximum Gasteiger partial charge on any atom is 0.185 e. The fourth-order valence-electron chi connectivity index (χ4n) is 3.32. The minimum Gasteiger partial charge on any atom is -0.346 e. The van der Waals surface area contributed by atoms with Crippen LogP contribution in [0.25, 0.3) is 0 Å². The maximum absolute atomic E-state index is 4.43. The van der Waals surface area contributed by atoms with E-state index in [1.54, 1.807) is 11.3 Å². The van der Waals surface area contributed by atoms with E-state index in [1.807, 2.05) is 6.20 Å². The van der Waals surface area contributed by atoms with Crippen LogP contribution in [0.4, 0.5) is 5.13 Å². The van der Waals surface area contributed by atoms with Crippen LogP contribution in [-0.2, 0) is 0 Å². The SMILES string of the molecule is CC(C)(C)NCC1CCC1N1CCN(c2nccs2)CC1. The third kappa shape index (κ3) is 3.76. The first-order valence-electron chi connectivity index (χ1n) is 8.16. The molecule has 2 aliphatic rings. The van der Waals surface area contributed by atoms with Gasteiger partial charge in [0, 0.05) is 49.3 Å². The van der Waals surface area contributed by atoms with Gasteiger partial charge in [0.15, 0.2) is 5.13 Å². The number of thiazole rings is 1. The molecule has 2 unspecified atom stereocenters. The van der Waals surface area contributed by atoms with Gasteiger partial charge in [0.1, 0.15) is 0 Å². The van der Waals surface area contributed by atoms with Crippen LogP contribution < -0.4 is 10.2 Å². The van der Waals surface area contributed by atoms with Crippen LogP contribution in [0.1, 0.15) is 33.6 Å². The van der Waals surface area contributed by atoms with Crippen LogP contribution in [0.5, 0.6) is 0 Å². The molecule has 4 nitrogen and oxygen atoms in total. The molecule has 21 heavy (non-hydrogen) atoms. The number of hydrogen-bond donors (Lipinski definition) is 1. The molecule has 1 N–H and O–H groups in total. The van der Waals surface area contributed by atoms with E-state index in [0.717, 1.165) is 25.0 Å². The molecule has 0 radical (unpaired) electrons. The number of piperazine rings is 1. The summed E-state index contributed by atoms with van der Waals surface area (Å²) in [6.45, 7) is 12.6. The summed E-state index contributed by atoms with van der Waals surface area (Å²) in [5.74, 6) is 0.843. The quantitative estimate of drug-likeness (QED) is 0.926. The Kier molecular flexibility index (Phi) is 4.52. The van der Waals surface area contributed by atoms with Crippen LogP contribution in [0, 0.1) is 5.92 Å². The summed E-state index contributed by atoms with van der Waals surface area (Å²) >= 11 is 1.76. The molecule has 3 rings (SSSR count). The molecule has 0 amide bonds. The highest BCUT2D eigenvalue weighted by Gasteiger charge is 2.37. The first kappa shape index (κ1) is 15.3. The lowest BCUT2D eigenvalue weighted by atomic mass is 9.77. The zero-order chi connectivity index (χ0) is 14.9. The average molecular weight is 308 g/mol. The van der Waals surface area contributed by atoms with Crippen LogP contribution in [0.3, 0.4) is 0 Å². The highest BCUT2D eigenvalue weighted by molar-refractivity contribution is 7.13. The lowest BCUT2D eigenvalue weighted by molar-refractivity contribution is 0.0538. The van der Waals surface area contributed by atoms with E-state index in [2.05, 4.69) is 46.3 Å². The van der Waals surface area contributed by atoms with E-state index in [9.17, 15) is 0 Å². The van der Waals surface area contributed by atoms with Gasteiger partial charge in [-0.1, -0.05) is 0 Å². The second kappa shape index (κ2) is 6.23. The lowest BCUT2D eigenvalue weighted by Gasteiger charge is -2.48. The molecule has 1 aromatic heterocycles. The smallest absolute Gasteiger partial charge is 0.185 e. The number of nitrogens with zero attached hydrogens (tertiary/aromatic N) is 3. The van der Waals surface area contributed by atoms with E-state index < -0.39 is 0 Å². The van der Waals surface area contributed by atoms with E-state index in [4.69, 9.17) is 0 Å². The third-order valence-electron chi connectivity index (χ3n) is 4.75. The Morgan fingerprint density at radius 2 is 2.00 bits per heavy atom. The fraction of sp³-hybridized carbons (Fsp3) is 0.812. The van der Waals surface area contributed by atoms with Gasteiger partial charge in [0.2, 0.25) is 0 Å². The van der Waals surface area contributed by atoms with Gasteiger partial charge in [-0.05, 0) is 46.1 Å². The molecular formula is C16H28N4S. The van der Waals surface area contributed by atoms with Gasteiger partial charge in [0.05, 0.1) is 0 Å². The first-order chi connectivity index (χ1) is 10.0. The van der Waals surface area contributed by atoms with E-state index in [1.165, 1.54) is 37.6 Å². The van der Waals surface area contributed by atoms with Crippen molar-refractivity contribution in [1.82, 2.24) is 15.2 Å². The van der Waals surface area contributed by atoms with E-state index in [0.29, 0.717) is 0 Å². The van der Waals surface area contributed by atoms with Gasteiger partial charge in [-0.3, -0.25) is 4.90 Å². The summed E-state index contributed by atoms with van der Waals surface area (Å²) in [6.07, 6.45) is 4.68. The van der Waals surface area contributed by atoms with Gasteiger partial charge in [0.25, 0.3) is 0 Å². The monoisotopic (exact) mass is 308 g/mol. The summed E-state index contributed by atoms with van der Waals surface area (Å²) < 4.78 is 0. The first-order valence-corrected chi connectivity index (χ1v) is 9.04. The van der Waals surface area contributed by atoms with Gasteiger partial charge >= 0.3 is 0 Å². The van der Waals surface area contributed by atoms with Crippen molar-refractivity contribution >= 4 is 16.5 Å². The second-order valence-corrected chi connectivity index (χ2v) is 8.25. The van der Waals surface area contributed by atoms with Crippen LogP contribution in [0.2, 0.25) is 0 Å². The highest BCUT2D eigenvalue weighted by atomic mass is 32.1. The van der Waals surface area contributed by atoms with Gasteiger partial charge in [-0.25, -0.2) is 4.98 Å². The molecule has 1 aliphatic carbocycles. The van der Waals surface area contributed by atoms with Crippen molar-refractivity contribution in [2.75, 3.05) is 37.6 Å². The number of anilines is 1. The van der Waals surface area contributed by atoms with Crippen LogP contribution >= 0.6 is 11.3 Å². The lowest BCUT2D eigenvalue weighted by Crippen LogP contribution is -2.58. The van der Waals surface area contributed by atoms with Crippen molar-refractivity contribution in [3.8, 4) is 0 Å². The predicted octanol–water partition coefficient (Wildman–Crippen LogP) is 2.43. The molecule has 0 bridgehead atoms. The summed E-state index contributed by atoms with van der Waals surface area (Å²) in [7, 11) is 0. The summed E-state index contributed by atoms with van der Waals surface area (Å²) in [5, 5.41) is 6.94. The molecule has 5 heteroatoms. The fourth-order valence-corrected chi connectivity index (χ4v) is 4.02. The third-order valence-corrected chi connectivity index (χ3v) is 5.58. The molecule has 2 atom stereocenters. The Bertz CT molecular complexity index is 432. The zero-order valence-electron chi connectivity index (χ0n) is 13.5. The molecule has 2 fully saturated rings. The number of rotatable bonds is 4. The predicted molar refractivity (Wildman–Crippen MR) is 90.2 cm³/mol. The number of aromatic nitrogens is 1. The molecule has 1 saturated carbocycles. The van der Waals surface area contributed by atoms with E-state index in [-0.39, 0.29) is 5.54 Å². The maximum atomic E-state index is 4.43. The Labute approximate surface area is 132 Å². The molecule has 118 valence electrons. The number of hydrogen-bond acceptors (Lipinski definition) is 5. The Balaban J connectivity index is 1.46. The number of nitrogens with one attached hydrogen (secondary N) is 1. The summed E-state index contributed by atoms with van der Waals surface area (Å²) in [4.78, 5) is 9.57. The second-order valence-electron chi connectivity index (χ2n) is 7.37. The topological polar surface area (TPSA) is 31.4 Å². The Hall–Kier alpha value is -0.650. The van der Waals surface area contributed by atoms with Crippen molar-refractivity contribution in [2.24, 2.45) is 5.92 Å². The Morgan fingerprint density at radius 3 is 2.52 bits per heavy atom. The highest BCUT2D eigenvalue weighted by Crippen LogP contribution is 2.33. The van der Waals surface area contributed by atoms with Gasteiger partial charge < -0.3 is 10.2 Å². The minimum atomic E-state index is 0.240. The molecule has 1 saturated heterocycles. The Morgan fingerprint density at radius 1 is 1.24 bits per heavy atom. The van der Waals surface area contributed by atoms with Crippen LogP contribution in [0.15, 0.2) is 11.6 Å². The van der Waals surface area contributed by atoms with Crippen molar-refractivity contribution in [2.45, 2.75) is 45.2 Å². The van der Waals surface area contributed by atoms with Crippen molar-refractivity contribution in [3.63, 3.8) is 0 Å². The zero-order valence-corrected chi connectivity index (χ0v) is 14.3. The molecule has 2 heterocycles. The minimum absolute atomic E-state index is 0.240. The largest absolute Gasteiger partial charge is 0.346 e. The molecule has 0 aromatic carbocycles. The molecular weight excluding hydrogens is 280 g/mol. The normalized spacial score (nSPS) is 27.7. The molecule has 1 aromatic rings. The van der Waals surface area contributed by atoms with Crippen molar-refractivity contribution in [3.05, 3.63) is 11.6 Å². The average Bonchev–Trinajstić information content (AvgIpc) is 2.91. The van der Waals surface area contributed by atoms with Crippen LogP contribution in [-0.4, -0.2) is 54.2 Å². The van der Waals surface area contributed by atoms with Crippen molar-refractivity contribution in [1.29, 1.82) is 0 Å². The van der Waals surface area contributed by atoms with Gasteiger partial charge in [-0.15, -0.1) is 11.3 Å². The summed E-state index contributed by atoms with van der Waals surface area (Å²) in [5.41, 5.74) is 0.240. The van der Waals surface area contributed by atoms with Gasteiger partial charge in [-0.2, -0.15) is 0 Å².